The second kappa shape index (κ2) is 13.4. The molecule has 2 aliphatic rings. The van der Waals surface area contributed by atoms with Crippen molar-refractivity contribution in [2.24, 2.45) is 5.92 Å². The van der Waals surface area contributed by atoms with Gasteiger partial charge in [-0.15, -0.1) is 0 Å². The topological polar surface area (TPSA) is 97.0 Å². The number of rotatable bonds is 9. The van der Waals surface area contributed by atoms with Gasteiger partial charge in [0.1, 0.15) is 5.82 Å². The highest BCUT2D eigenvalue weighted by atomic mass is 19.1. The smallest absolute Gasteiger partial charge is 0.258 e. The van der Waals surface area contributed by atoms with Gasteiger partial charge in [-0.05, 0) is 66.7 Å². The molecule has 9 nitrogen and oxygen atoms in total. The Kier molecular flexibility index (Phi) is 9.41. The first kappa shape index (κ1) is 30.9. The molecule has 1 saturated heterocycles. The van der Waals surface area contributed by atoms with Crippen molar-refractivity contribution in [2.75, 3.05) is 62.4 Å². The van der Waals surface area contributed by atoms with Gasteiger partial charge in [-0.2, -0.15) is 0 Å². The normalized spacial score (nSPS) is 16.4. The van der Waals surface area contributed by atoms with E-state index in [4.69, 9.17) is 0 Å². The highest BCUT2D eigenvalue weighted by Crippen LogP contribution is 2.38. The Balaban J connectivity index is 1.41. The number of hydrogen-bond donors (Lipinski definition) is 3. The maximum Gasteiger partial charge on any atom is 0.258 e. The molecule has 5 rings (SSSR count). The molecule has 230 valence electrons. The van der Waals surface area contributed by atoms with Gasteiger partial charge in [0.05, 0.1) is 23.5 Å². The fourth-order valence-corrected chi connectivity index (χ4v) is 5.26. The third-order valence-electron chi connectivity index (χ3n) is 8.04. The minimum atomic E-state index is -0.440. The van der Waals surface area contributed by atoms with E-state index in [-0.39, 0.29) is 23.6 Å². The van der Waals surface area contributed by atoms with Crippen molar-refractivity contribution < 1.29 is 18.8 Å². The number of anilines is 3. The van der Waals surface area contributed by atoms with Crippen molar-refractivity contribution >= 4 is 46.1 Å². The van der Waals surface area contributed by atoms with E-state index in [1.807, 2.05) is 62.4 Å². The Morgan fingerprint density at radius 1 is 1.00 bits per heavy atom. The average Bonchev–Trinajstić information content (AvgIpc) is 3.34. The highest BCUT2D eigenvalue weighted by Gasteiger charge is 2.29. The van der Waals surface area contributed by atoms with Crippen molar-refractivity contribution in [1.82, 2.24) is 15.1 Å². The number of carbonyl (C=O) groups is 3. The van der Waals surface area contributed by atoms with Gasteiger partial charge in [0.15, 0.2) is 0 Å². The minimum absolute atomic E-state index is 0.0194. The van der Waals surface area contributed by atoms with Crippen molar-refractivity contribution in [3.63, 3.8) is 0 Å². The Labute approximate surface area is 257 Å². The quantitative estimate of drug-likeness (QED) is 0.319. The van der Waals surface area contributed by atoms with Crippen LogP contribution in [-0.4, -0.2) is 74.3 Å². The number of benzene rings is 3. The zero-order chi connectivity index (χ0) is 31.4. The number of amides is 3. The Bertz CT molecular complexity index is 1580. The first-order valence-corrected chi connectivity index (χ1v) is 14.9. The molecular weight excluding hydrogens is 559 g/mol. The summed E-state index contributed by atoms with van der Waals surface area (Å²) in [6, 6.07) is 19.3. The first-order chi connectivity index (χ1) is 21.1. The van der Waals surface area contributed by atoms with E-state index >= 15 is 0 Å². The maximum atomic E-state index is 14.0. The van der Waals surface area contributed by atoms with E-state index in [0.29, 0.717) is 41.3 Å². The van der Waals surface area contributed by atoms with E-state index in [2.05, 4.69) is 32.8 Å². The van der Waals surface area contributed by atoms with Gasteiger partial charge >= 0.3 is 0 Å². The van der Waals surface area contributed by atoms with Crippen LogP contribution in [0.3, 0.4) is 0 Å². The molecule has 3 aromatic carbocycles. The third-order valence-corrected chi connectivity index (χ3v) is 8.04. The summed E-state index contributed by atoms with van der Waals surface area (Å²) in [6.07, 6.45) is 0. The van der Waals surface area contributed by atoms with E-state index < -0.39 is 5.82 Å². The van der Waals surface area contributed by atoms with Gasteiger partial charge in [-0.3, -0.25) is 19.3 Å². The van der Waals surface area contributed by atoms with Gasteiger partial charge in [0.2, 0.25) is 11.8 Å². The van der Waals surface area contributed by atoms with Crippen LogP contribution in [0.15, 0.2) is 66.7 Å². The van der Waals surface area contributed by atoms with E-state index in [9.17, 15) is 18.8 Å². The average molecular weight is 599 g/mol. The molecular formula is C34H39FN6O3. The fourth-order valence-electron chi connectivity index (χ4n) is 5.26. The predicted molar refractivity (Wildman–Crippen MR) is 172 cm³/mol. The lowest BCUT2D eigenvalue weighted by atomic mass is 9.98. The number of carbonyl (C=O) groups excluding carboxylic acids is 3. The largest absolute Gasteiger partial charge is 0.354 e. The van der Waals surface area contributed by atoms with Crippen LogP contribution in [0.5, 0.6) is 0 Å². The summed E-state index contributed by atoms with van der Waals surface area (Å²) < 4.78 is 14.0. The number of piperazine rings is 1. The first-order valence-electron chi connectivity index (χ1n) is 14.9. The molecule has 0 saturated carbocycles. The van der Waals surface area contributed by atoms with E-state index in [1.54, 1.807) is 18.0 Å². The molecule has 0 radical (unpaired) electrons. The minimum Gasteiger partial charge on any atom is -0.354 e. The molecule has 0 atom stereocenters. The number of hydrogen-bond acceptors (Lipinski definition) is 6. The van der Waals surface area contributed by atoms with E-state index in [1.165, 1.54) is 12.1 Å². The number of fused-ring (bicyclic) bond motifs is 1. The fraction of sp³-hybridized carbons (Fsp3) is 0.324. The molecule has 0 bridgehead atoms. The van der Waals surface area contributed by atoms with Crippen LogP contribution in [-0.2, 0) is 20.9 Å². The number of halogens is 1. The Hall–Kier alpha value is -4.54. The van der Waals surface area contributed by atoms with Crippen molar-refractivity contribution in [1.29, 1.82) is 0 Å². The van der Waals surface area contributed by atoms with Gasteiger partial charge < -0.3 is 25.8 Å². The number of nitrogens with zero attached hydrogens (tertiary/aromatic N) is 3. The summed E-state index contributed by atoms with van der Waals surface area (Å²) in [5, 5.41) is 9.13. The van der Waals surface area contributed by atoms with Crippen LogP contribution in [0.25, 0.3) is 11.3 Å². The molecule has 0 aromatic heterocycles. The van der Waals surface area contributed by atoms with Crippen LogP contribution in [0.4, 0.5) is 21.5 Å². The van der Waals surface area contributed by atoms with Crippen molar-refractivity contribution in [2.45, 2.75) is 20.4 Å². The maximum absolute atomic E-state index is 14.0. The SMILES string of the molecule is CC(C)C(=O)NCc1cccc(/C(Nc2ccc(N(C)C(=O)CN3CCN(C)CC3)cc2)=C2/C(=O)Nc3cc(F)ccc32)c1. The zero-order valence-electron chi connectivity index (χ0n) is 25.6. The summed E-state index contributed by atoms with van der Waals surface area (Å²) in [5.74, 6) is -0.959. The Morgan fingerprint density at radius 3 is 2.43 bits per heavy atom. The Morgan fingerprint density at radius 2 is 1.73 bits per heavy atom. The summed E-state index contributed by atoms with van der Waals surface area (Å²) in [6.45, 7) is 8.00. The summed E-state index contributed by atoms with van der Waals surface area (Å²) >= 11 is 0. The molecule has 3 aromatic rings. The summed E-state index contributed by atoms with van der Waals surface area (Å²) in [4.78, 5) is 44.6. The second-order valence-electron chi connectivity index (χ2n) is 11.7. The van der Waals surface area contributed by atoms with E-state index in [0.717, 1.165) is 43.0 Å². The lowest BCUT2D eigenvalue weighted by Gasteiger charge is -2.32. The third kappa shape index (κ3) is 7.15. The van der Waals surface area contributed by atoms with Gasteiger partial charge in [0.25, 0.3) is 5.91 Å². The second-order valence-corrected chi connectivity index (χ2v) is 11.7. The standard InChI is InChI=1S/C34H39FN6O3/c1-22(2)33(43)36-20-23-6-5-7-24(18-23)32(31-28-13-8-25(35)19-29(28)38-34(31)44)37-26-9-11-27(12-10-26)40(4)30(42)21-41-16-14-39(3)15-17-41/h5-13,18-19,22,37H,14-17,20-21H2,1-4H3,(H,36,43)(H,38,44)/b32-31-. The molecule has 2 heterocycles. The molecule has 10 heteroatoms. The molecule has 1 fully saturated rings. The van der Waals surface area contributed by atoms with Crippen LogP contribution < -0.4 is 20.9 Å². The van der Waals surface area contributed by atoms with Crippen LogP contribution in [0.2, 0.25) is 0 Å². The lowest BCUT2D eigenvalue weighted by Crippen LogP contribution is -2.48. The zero-order valence-corrected chi connectivity index (χ0v) is 25.6. The molecule has 3 amide bonds. The molecule has 0 aliphatic carbocycles. The molecule has 44 heavy (non-hydrogen) atoms. The van der Waals surface area contributed by atoms with Crippen LogP contribution >= 0.6 is 0 Å². The van der Waals surface area contributed by atoms with Gasteiger partial charge in [0, 0.05) is 62.6 Å². The van der Waals surface area contributed by atoms with Crippen molar-refractivity contribution in [3.05, 3.63) is 89.2 Å². The lowest BCUT2D eigenvalue weighted by molar-refractivity contribution is -0.124. The van der Waals surface area contributed by atoms with Crippen molar-refractivity contribution in [3.8, 4) is 0 Å². The summed E-state index contributed by atoms with van der Waals surface area (Å²) in [7, 11) is 3.86. The van der Waals surface area contributed by atoms with Gasteiger partial charge in [-0.1, -0.05) is 32.0 Å². The number of nitrogens with one attached hydrogen (secondary N) is 3. The summed E-state index contributed by atoms with van der Waals surface area (Å²) in [5.41, 5.74) is 4.97. The van der Waals surface area contributed by atoms with Gasteiger partial charge in [-0.25, -0.2) is 4.39 Å². The molecule has 0 unspecified atom stereocenters. The van der Waals surface area contributed by atoms with Crippen LogP contribution in [0, 0.1) is 11.7 Å². The molecule has 0 spiro atoms. The molecule has 3 N–H and O–H groups in total. The number of likely N-dealkylation sites (N-methyl/N-ethyl adjacent to an activating group) is 2. The highest BCUT2D eigenvalue weighted by molar-refractivity contribution is 6.37. The monoisotopic (exact) mass is 598 g/mol. The predicted octanol–water partition coefficient (Wildman–Crippen LogP) is 4.24. The van der Waals surface area contributed by atoms with Crippen LogP contribution in [0.1, 0.15) is 30.5 Å². The molecule has 2 aliphatic heterocycles.